The Morgan fingerprint density at radius 1 is 1.30 bits per heavy atom. The fourth-order valence-corrected chi connectivity index (χ4v) is 2.80. The third-order valence-corrected chi connectivity index (χ3v) is 3.55. The Labute approximate surface area is 67.3 Å². The van der Waals surface area contributed by atoms with Crippen molar-refractivity contribution in [3.8, 4) is 0 Å². The van der Waals surface area contributed by atoms with Gasteiger partial charge in [-0.05, 0) is 5.92 Å². The summed E-state index contributed by atoms with van der Waals surface area (Å²) in [7, 11) is 0. The van der Waals surface area contributed by atoms with Gasteiger partial charge < -0.3 is 4.90 Å². The molecule has 3 fully saturated rings. The van der Waals surface area contributed by atoms with Crippen LogP contribution in [0.3, 0.4) is 0 Å². The molecule has 3 heterocycles. The molecular formula is C8H15ClN+. The van der Waals surface area contributed by atoms with Crippen molar-refractivity contribution in [1.29, 1.82) is 0 Å². The summed E-state index contributed by atoms with van der Waals surface area (Å²) in [5, 5.41) is 0. The number of rotatable bonds is 1. The smallest absolute Gasteiger partial charge is 0.0813 e. The third kappa shape index (κ3) is 1.06. The molecule has 0 aromatic rings. The second-order valence-corrected chi connectivity index (χ2v) is 4.01. The Kier molecular flexibility index (Phi) is 1.88. The van der Waals surface area contributed by atoms with Gasteiger partial charge in [-0.25, -0.2) is 0 Å². The maximum Gasteiger partial charge on any atom is 0.0813 e. The first-order valence-electron chi connectivity index (χ1n) is 4.29. The zero-order valence-electron chi connectivity index (χ0n) is 6.28. The minimum absolute atomic E-state index is 0.846. The summed E-state index contributed by atoms with van der Waals surface area (Å²) in [6.45, 7) is 4.18. The van der Waals surface area contributed by atoms with E-state index in [1.165, 1.54) is 32.5 Å². The summed E-state index contributed by atoms with van der Waals surface area (Å²) in [4.78, 5) is 1.80. The highest BCUT2D eigenvalue weighted by Crippen LogP contribution is 2.24. The van der Waals surface area contributed by atoms with Gasteiger partial charge in [-0.15, -0.1) is 11.6 Å². The molecule has 2 heteroatoms. The maximum absolute atomic E-state index is 5.86. The molecular weight excluding hydrogens is 146 g/mol. The van der Waals surface area contributed by atoms with Crippen LogP contribution in [-0.4, -0.2) is 25.5 Å². The van der Waals surface area contributed by atoms with E-state index in [9.17, 15) is 0 Å². The molecule has 0 aliphatic carbocycles. The fourth-order valence-electron chi connectivity index (χ4n) is 2.44. The van der Waals surface area contributed by atoms with Crippen LogP contribution in [0.15, 0.2) is 0 Å². The number of quaternary nitrogens is 1. The van der Waals surface area contributed by atoms with E-state index in [2.05, 4.69) is 0 Å². The van der Waals surface area contributed by atoms with Crippen molar-refractivity contribution in [2.75, 3.05) is 25.5 Å². The number of nitrogens with one attached hydrogen (secondary N) is 1. The third-order valence-electron chi connectivity index (χ3n) is 3.15. The van der Waals surface area contributed by atoms with Crippen LogP contribution in [-0.2, 0) is 0 Å². The van der Waals surface area contributed by atoms with Gasteiger partial charge in [0.05, 0.1) is 19.6 Å². The van der Waals surface area contributed by atoms with Crippen molar-refractivity contribution in [3.63, 3.8) is 0 Å². The van der Waals surface area contributed by atoms with E-state index in [0.717, 1.165) is 17.7 Å². The van der Waals surface area contributed by atoms with Crippen molar-refractivity contribution in [1.82, 2.24) is 0 Å². The second-order valence-electron chi connectivity index (χ2n) is 3.71. The standard InChI is InChI=1S/C8H14ClN/c9-5-8-6-10-3-1-7(8)2-4-10/h7-8H,1-6H2/p+1/t8-/m0/s1. The van der Waals surface area contributed by atoms with Crippen LogP contribution in [0, 0.1) is 11.8 Å². The lowest BCUT2D eigenvalue weighted by molar-refractivity contribution is -0.920. The SMILES string of the molecule is ClC[C@H]1C[NH+]2CCC1CC2. The van der Waals surface area contributed by atoms with Crippen molar-refractivity contribution < 1.29 is 4.90 Å². The summed E-state index contributed by atoms with van der Waals surface area (Å²) in [5.74, 6) is 2.72. The van der Waals surface area contributed by atoms with E-state index in [0.29, 0.717) is 0 Å². The summed E-state index contributed by atoms with van der Waals surface area (Å²) < 4.78 is 0. The topological polar surface area (TPSA) is 4.44 Å². The van der Waals surface area contributed by atoms with Crippen LogP contribution in [0.5, 0.6) is 0 Å². The predicted molar refractivity (Wildman–Crippen MR) is 42.5 cm³/mol. The summed E-state index contributed by atoms with van der Waals surface area (Å²) >= 11 is 5.86. The zero-order valence-corrected chi connectivity index (χ0v) is 7.03. The predicted octanol–water partition coefficient (Wildman–Crippen LogP) is 0.150. The number of halogens is 1. The minimum Gasteiger partial charge on any atom is -0.335 e. The highest BCUT2D eigenvalue weighted by Gasteiger charge is 2.36. The number of alkyl halides is 1. The Hall–Kier alpha value is 0.250. The lowest BCUT2D eigenvalue weighted by Crippen LogP contribution is -3.15. The second kappa shape index (κ2) is 2.71. The van der Waals surface area contributed by atoms with Gasteiger partial charge in [0.15, 0.2) is 0 Å². The minimum atomic E-state index is 0.846. The molecule has 3 rings (SSSR count). The molecule has 0 unspecified atom stereocenters. The van der Waals surface area contributed by atoms with E-state index in [4.69, 9.17) is 11.6 Å². The van der Waals surface area contributed by atoms with Crippen LogP contribution in [0.2, 0.25) is 0 Å². The van der Waals surface area contributed by atoms with Crippen molar-refractivity contribution in [3.05, 3.63) is 0 Å². The van der Waals surface area contributed by atoms with Crippen molar-refractivity contribution >= 4 is 11.6 Å². The van der Waals surface area contributed by atoms with E-state index >= 15 is 0 Å². The molecule has 0 aromatic carbocycles. The Bertz CT molecular complexity index is 118. The average Bonchev–Trinajstić information content (AvgIpc) is 2.06. The Morgan fingerprint density at radius 2 is 2.00 bits per heavy atom. The molecule has 3 saturated heterocycles. The molecule has 58 valence electrons. The number of piperidine rings is 3. The maximum atomic E-state index is 5.86. The molecule has 2 bridgehead atoms. The zero-order chi connectivity index (χ0) is 6.97. The van der Waals surface area contributed by atoms with Crippen LogP contribution < -0.4 is 4.90 Å². The van der Waals surface area contributed by atoms with Crippen LogP contribution in [0.1, 0.15) is 12.8 Å². The molecule has 1 N–H and O–H groups in total. The number of hydrogen-bond donors (Lipinski definition) is 1. The highest BCUT2D eigenvalue weighted by molar-refractivity contribution is 6.18. The Morgan fingerprint density at radius 3 is 2.30 bits per heavy atom. The van der Waals surface area contributed by atoms with Gasteiger partial charge in [0, 0.05) is 24.6 Å². The summed E-state index contributed by atoms with van der Waals surface area (Å²) in [6, 6.07) is 0. The fraction of sp³-hybridized carbons (Fsp3) is 1.00. The molecule has 0 saturated carbocycles. The molecule has 0 spiro atoms. The van der Waals surface area contributed by atoms with Gasteiger partial charge in [-0.3, -0.25) is 0 Å². The van der Waals surface area contributed by atoms with Gasteiger partial charge in [-0.1, -0.05) is 0 Å². The molecule has 0 amide bonds. The van der Waals surface area contributed by atoms with Gasteiger partial charge in [0.2, 0.25) is 0 Å². The lowest BCUT2D eigenvalue weighted by Gasteiger charge is -2.41. The molecule has 10 heavy (non-hydrogen) atoms. The number of fused-ring (bicyclic) bond motifs is 3. The number of hydrogen-bond acceptors (Lipinski definition) is 0. The summed E-state index contributed by atoms with van der Waals surface area (Å²) in [6.07, 6.45) is 2.87. The van der Waals surface area contributed by atoms with E-state index in [-0.39, 0.29) is 0 Å². The van der Waals surface area contributed by atoms with Gasteiger partial charge in [-0.2, -0.15) is 0 Å². The van der Waals surface area contributed by atoms with Gasteiger partial charge >= 0.3 is 0 Å². The van der Waals surface area contributed by atoms with Crippen molar-refractivity contribution in [2.24, 2.45) is 11.8 Å². The van der Waals surface area contributed by atoms with Crippen LogP contribution in [0.4, 0.5) is 0 Å². The van der Waals surface area contributed by atoms with E-state index < -0.39 is 0 Å². The molecule has 0 radical (unpaired) electrons. The molecule has 3 aliphatic rings. The van der Waals surface area contributed by atoms with Crippen molar-refractivity contribution in [2.45, 2.75) is 12.8 Å². The van der Waals surface area contributed by atoms with Gasteiger partial charge in [0.1, 0.15) is 0 Å². The first-order chi connectivity index (χ1) is 4.90. The first-order valence-corrected chi connectivity index (χ1v) is 4.83. The van der Waals surface area contributed by atoms with Gasteiger partial charge in [0.25, 0.3) is 0 Å². The molecule has 3 aliphatic heterocycles. The van der Waals surface area contributed by atoms with E-state index in [1.807, 2.05) is 0 Å². The largest absolute Gasteiger partial charge is 0.335 e. The Balaban J connectivity index is 2.01. The van der Waals surface area contributed by atoms with Crippen LogP contribution in [0.25, 0.3) is 0 Å². The quantitative estimate of drug-likeness (QED) is 0.521. The molecule has 0 aromatic heterocycles. The molecule has 1 atom stereocenters. The normalized spacial score (nSPS) is 45.9. The monoisotopic (exact) mass is 160 g/mol. The van der Waals surface area contributed by atoms with E-state index in [1.54, 1.807) is 4.90 Å². The first kappa shape index (κ1) is 6.93. The highest BCUT2D eigenvalue weighted by atomic mass is 35.5. The summed E-state index contributed by atoms with van der Waals surface area (Å²) in [5.41, 5.74) is 0. The lowest BCUT2D eigenvalue weighted by atomic mass is 9.80. The average molecular weight is 161 g/mol. The van der Waals surface area contributed by atoms with Crippen LogP contribution >= 0.6 is 11.6 Å². The molecule has 1 nitrogen and oxygen atoms in total.